The average molecular weight is 267 g/mol. The molecule has 2 fully saturated rings. The Kier molecular flexibility index (Phi) is 3.07. The Labute approximate surface area is 120 Å². The van der Waals surface area contributed by atoms with Crippen LogP contribution in [0.4, 0.5) is 5.69 Å². The third-order valence-electron chi connectivity index (χ3n) is 4.84. The molecule has 1 aromatic heterocycles. The summed E-state index contributed by atoms with van der Waals surface area (Å²) in [5, 5.41) is 2.59. The quantitative estimate of drug-likeness (QED) is 0.792. The van der Waals surface area contributed by atoms with Crippen LogP contribution in [0.1, 0.15) is 19.3 Å². The summed E-state index contributed by atoms with van der Waals surface area (Å²) < 4.78 is 0. The second-order valence-electron chi connectivity index (χ2n) is 6.01. The first kappa shape index (κ1) is 12.2. The molecular weight excluding hydrogens is 246 g/mol. The van der Waals surface area contributed by atoms with Crippen molar-refractivity contribution in [2.45, 2.75) is 25.3 Å². The highest BCUT2D eigenvalue weighted by Gasteiger charge is 2.29. The van der Waals surface area contributed by atoms with Crippen molar-refractivity contribution in [1.29, 1.82) is 0 Å². The van der Waals surface area contributed by atoms with Gasteiger partial charge in [-0.1, -0.05) is 18.6 Å². The van der Waals surface area contributed by atoms with E-state index in [2.05, 4.69) is 39.0 Å². The molecule has 0 bridgehead atoms. The SMILES string of the molecule is c1cc(N2CCN3CCCCC3C2)c2ccncc2c1. The summed E-state index contributed by atoms with van der Waals surface area (Å²) in [6.45, 7) is 4.85. The lowest BCUT2D eigenvalue weighted by molar-refractivity contribution is 0.133. The van der Waals surface area contributed by atoms with Crippen molar-refractivity contribution in [3.8, 4) is 0 Å². The van der Waals surface area contributed by atoms with E-state index >= 15 is 0 Å². The minimum Gasteiger partial charge on any atom is -0.368 e. The van der Waals surface area contributed by atoms with Gasteiger partial charge in [0.05, 0.1) is 0 Å². The zero-order valence-electron chi connectivity index (χ0n) is 11.8. The van der Waals surface area contributed by atoms with E-state index in [1.165, 1.54) is 55.4 Å². The van der Waals surface area contributed by atoms with Gasteiger partial charge in [0, 0.05) is 54.5 Å². The number of rotatable bonds is 1. The lowest BCUT2D eigenvalue weighted by atomic mass is 9.98. The van der Waals surface area contributed by atoms with Crippen LogP contribution in [-0.2, 0) is 0 Å². The molecular formula is C17H21N3. The van der Waals surface area contributed by atoms with E-state index in [1.54, 1.807) is 0 Å². The van der Waals surface area contributed by atoms with Gasteiger partial charge in [0.15, 0.2) is 0 Å². The maximum absolute atomic E-state index is 4.24. The number of fused-ring (bicyclic) bond motifs is 2. The molecule has 2 aromatic rings. The van der Waals surface area contributed by atoms with E-state index in [0.29, 0.717) is 0 Å². The normalized spacial score (nSPS) is 23.8. The highest BCUT2D eigenvalue weighted by molar-refractivity contribution is 5.93. The van der Waals surface area contributed by atoms with Gasteiger partial charge < -0.3 is 4.90 Å². The van der Waals surface area contributed by atoms with Crippen LogP contribution in [-0.4, -0.2) is 42.1 Å². The number of piperidine rings is 1. The maximum Gasteiger partial charge on any atom is 0.0448 e. The van der Waals surface area contributed by atoms with Crippen molar-refractivity contribution >= 4 is 16.5 Å². The van der Waals surface area contributed by atoms with Gasteiger partial charge in [-0.2, -0.15) is 0 Å². The molecule has 3 nitrogen and oxygen atoms in total. The molecule has 1 unspecified atom stereocenters. The van der Waals surface area contributed by atoms with Gasteiger partial charge in [0.25, 0.3) is 0 Å². The molecule has 1 aromatic carbocycles. The number of anilines is 1. The zero-order valence-corrected chi connectivity index (χ0v) is 11.8. The van der Waals surface area contributed by atoms with Gasteiger partial charge in [-0.15, -0.1) is 0 Å². The topological polar surface area (TPSA) is 19.4 Å². The monoisotopic (exact) mass is 267 g/mol. The van der Waals surface area contributed by atoms with Crippen molar-refractivity contribution in [2.24, 2.45) is 0 Å². The number of pyridine rings is 1. The third-order valence-corrected chi connectivity index (χ3v) is 4.84. The summed E-state index contributed by atoms with van der Waals surface area (Å²) in [5.41, 5.74) is 1.38. The van der Waals surface area contributed by atoms with E-state index in [9.17, 15) is 0 Å². The molecule has 3 heteroatoms. The van der Waals surface area contributed by atoms with Gasteiger partial charge in [-0.25, -0.2) is 0 Å². The second kappa shape index (κ2) is 5.06. The van der Waals surface area contributed by atoms with Gasteiger partial charge in [0.2, 0.25) is 0 Å². The van der Waals surface area contributed by atoms with Crippen LogP contribution in [0.15, 0.2) is 36.7 Å². The average Bonchev–Trinajstić information content (AvgIpc) is 2.54. The predicted molar refractivity (Wildman–Crippen MR) is 83.2 cm³/mol. The van der Waals surface area contributed by atoms with Gasteiger partial charge in [-0.3, -0.25) is 9.88 Å². The lowest BCUT2D eigenvalue weighted by Crippen LogP contribution is -2.54. The number of hydrogen-bond acceptors (Lipinski definition) is 3. The van der Waals surface area contributed by atoms with Crippen LogP contribution in [0, 0.1) is 0 Å². The maximum atomic E-state index is 4.24. The minimum atomic E-state index is 0.759. The zero-order chi connectivity index (χ0) is 13.4. The molecule has 0 aliphatic carbocycles. The minimum absolute atomic E-state index is 0.759. The summed E-state index contributed by atoms with van der Waals surface area (Å²) in [7, 11) is 0. The fourth-order valence-corrected chi connectivity index (χ4v) is 3.76. The van der Waals surface area contributed by atoms with Crippen molar-refractivity contribution in [3.05, 3.63) is 36.7 Å². The van der Waals surface area contributed by atoms with E-state index in [4.69, 9.17) is 0 Å². The van der Waals surface area contributed by atoms with Crippen LogP contribution >= 0.6 is 0 Å². The summed E-state index contributed by atoms with van der Waals surface area (Å²) in [6.07, 6.45) is 8.02. The molecule has 0 amide bonds. The molecule has 0 radical (unpaired) electrons. The predicted octanol–water partition coefficient (Wildman–Crippen LogP) is 2.91. The van der Waals surface area contributed by atoms with Gasteiger partial charge in [0.1, 0.15) is 0 Å². The molecule has 20 heavy (non-hydrogen) atoms. The summed E-state index contributed by atoms with van der Waals surface area (Å²) in [6, 6.07) is 9.49. The molecule has 1 atom stereocenters. The highest BCUT2D eigenvalue weighted by atomic mass is 15.3. The van der Waals surface area contributed by atoms with E-state index in [1.807, 2.05) is 12.4 Å². The molecule has 2 aliphatic heterocycles. The van der Waals surface area contributed by atoms with Crippen LogP contribution in [0.5, 0.6) is 0 Å². The van der Waals surface area contributed by atoms with Crippen molar-refractivity contribution in [2.75, 3.05) is 31.1 Å². The second-order valence-corrected chi connectivity index (χ2v) is 6.01. The fourth-order valence-electron chi connectivity index (χ4n) is 3.76. The van der Waals surface area contributed by atoms with Crippen LogP contribution in [0.25, 0.3) is 10.8 Å². The van der Waals surface area contributed by atoms with Crippen LogP contribution in [0.2, 0.25) is 0 Å². The lowest BCUT2D eigenvalue weighted by Gasteiger charge is -2.45. The third kappa shape index (κ3) is 2.06. The Balaban J connectivity index is 1.66. The molecule has 4 rings (SSSR count). The highest BCUT2D eigenvalue weighted by Crippen LogP contribution is 2.30. The van der Waals surface area contributed by atoms with E-state index < -0.39 is 0 Å². The molecule has 2 saturated heterocycles. The van der Waals surface area contributed by atoms with Gasteiger partial charge in [-0.05, 0) is 31.5 Å². The first-order chi connectivity index (χ1) is 9.92. The Bertz CT molecular complexity index is 605. The fraction of sp³-hybridized carbons (Fsp3) is 0.471. The number of benzene rings is 1. The molecule has 104 valence electrons. The molecule has 2 aliphatic rings. The number of nitrogens with zero attached hydrogens (tertiary/aromatic N) is 3. The van der Waals surface area contributed by atoms with Gasteiger partial charge >= 0.3 is 0 Å². The largest absolute Gasteiger partial charge is 0.368 e. The number of aromatic nitrogens is 1. The Morgan fingerprint density at radius 1 is 1.05 bits per heavy atom. The first-order valence-electron chi connectivity index (χ1n) is 7.73. The molecule has 3 heterocycles. The van der Waals surface area contributed by atoms with E-state index in [-0.39, 0.29) is 0 Å². The van der Waals surface area contributed by atoms with Crippen molar-refractivity contribution in [3.63, 3.8) is 0 Å². The first-order valence-corrected chi connectivity index (χ1v) is 7.73. The Morgan fingerprint density at radius 3 is 3.05 bits per heavy atom. The smallest absolute Gasteiger partial charge is 0.0448 e. The number of piperazine rings is 1. The van der Waals surface area contributed by atoms with Crippen LogP contribution in [0.3, 0.4) is 0 Å². The van der Waals surface area contributed by atoms with Crippen LogP contribution < -0.4 is 4.90 Å². The molecule has 0 N–H and O–H groups in total. The summed E-state index contributed by atoms with van der Waals surface area (Å²) in [5.74, 6) is 0. The standard InChI is InChI=1S/C17H21N3/c1-2-9-19-10-11-20(13-15(19)5-1)17-6-3-4-14-12-18-8-7-16(14)17/h3-4,6-8,12,15H,1-2,5,9-11,13H2. The summed E-state index contributed by atoms with van der Waals surface area (Å²) in [4.78, 5) is 9.50. The Morgan fingerprint density at radius 2 is 2.05 bits per heavy atom. The van der Waals surface area contributed by atoms with Crippen molar-refractivity contribution < 1.29 is 0 Å². The van der Waals surface area contributed by atoms with E-state index in [0.717, 1.165) is 12.6 Å². The molecule has 0 spiro atoms. The van der Waals surface area contributed by atoms with Crippen molar-refractivity contribution in [1.82, 2.24) is 9.88 Å². The molecule has 0 saturated carbocycles. The summed E-state index contributed by atoms with van der Waals surface area (Å²) >= 11 is 0. The Hall–Kier alpha value is -1.61. The number of hydrogen-bond donors (Lipinski definition) is 0.